The van der Waals surface area contributed by atoms with E-state index in [2.05, 4.69) is 6.58 Å². The molecular formula is C11H10Cl2O3. The molecule has 0 unspecified atom stereocenters. The minimum Gasteiger partial charge on any atom is -0.493 e. The Hall–Kier alpha value is -1.19. The van der Waals surface area contributed by atoms with Gasteiger partial charge in [0.25, 0.3) is 0 Å². The number of carbonyl (C=O) groups excluding carboxylic acids is 1. The van der Waals surface area contributed by atoms with E-state index in [0.29, 0.717) is 33.4 Å². The molecule has 1 rings (SSSR count). The third-order valence-corrected chi connectivity index (χ3v) is 2.10. The number of aldehydes is 1. The Morgan fingerprint density at radius 3 is 2.75 bits per heavy atom. The van der Waals surface area contributed by atoms with Gasteiger partial charge in [0.05, 0.1) is 12.7 Å². The molecule has 0 saturated carbocycles. The lowest BCUT2D eigenvalue weighted by atomic mass is 10.2. The van der Waals surface area contributed by atoms with Crippen LogP contribution in [0.1, 0.15) is 10.4 Å². The largest absolute Gasteiger partial charge is 0.493 e. The number of hydrogen-bond acceptors (Lipinski definition) is 3. The first-order valence-electron chi connectivity index (χ1n) is 4.37. The van der Waals surface area contributed by atoms with Crippen molar-refractivity contribution in [1.82, 2.24) is 0 Å². The summed E-state index contributed by atoms with van der Waals surface area (Å²) in [6.07, 6.45) is 0.640. The van der Waals surface area contributed by atoms with Crippen LogP contribution in [0.5, 0.6) is 11.5 Å². The van der Waals surface area contributed by atoms with E-state index in [1.54, 1.807) is 6.07 Å². The highest BCUT2D eigenvalue weighted by Gasteiger charge is 2.12. The van der Waals surface area contributed by atoms with Gasteiger partial charge in [0.1, 0.15) is 6.61 Å². The Balaban J connectivity index is 3.11. The molecule has 0 N–H and O–H groups in total. The van der Waals surface area contributed by atoms with Crippen molar-refractivity contribution in [3.8, 4) is 11.5 Å². The standard InChI is InChI=1S/C11H10Cl2O3/c1-7(12)6-16-11-8(5-14)3-9(13)4-10(11)15-2/h3-5H,1,6H2,2H3. The molecular weight excluding hydrogens is 251 g/mol. The zero-order valence-corrected chi connectivity index (χ0v) is 10.1. The minimum absolute atomic E-state index is 0.0976. The summed E-state index contributed by atoms with van der Waals surface area (Å²) in [5.41, 5.74) is 0.308. The highest BCUT2D eigenvalue weighted by Crippen LogP contribution is 2.34. The Kier molecular flexibility index (Phi) is 4.65. The van der Waals surface area contributed by atoms with Crippen LogP contribution < -0.4 is 9.47 Å². The molecule has 16 heavy (non-hydrogen) atoms. The van der Waals surface area contributed by atoms with Crippen molar-refractivity contribution in [2.24, 2.45) is 0 Å². The maximum atomic E-state index is 10.8. The van der Waals surface area contributed by atoms with Crippen molar-refractivity contribution < 1.29 is 14.3 Å². The fraction of sp³-hybridized carbons (Fsp3) is 0.182. The summed E-state index contributed by atoms with van der Waals surface area (Å²) in [7, 11) is 1.46. The van der Waals surface area contributed by atoms with Gasteiger partial charge in [-0.2, -0.15) is 0 Å². The molecule has 0 heterocycles. The average molecular weight is 261 g/mol. The van der Waals surface area contributed by atoms with Crippen LogP contribution in [0.15, 0.2) is 23.7 Å². The topological polar surface area (TPSA) is 35.5 Å². The van der Waals surface area contributed by atoms with E-state index in [-0.39, 0.29) is 6.61 Å². The van der Waals surface area contributed by atoms with Gasteiger partial charge in [-0.3, -0.25) is 4.79 Å². The normalized spacial score (nSPS) is 9.69. The van der Waals surface area contributed by atoms with E-state index in [0.717, 1.165) is 0 Å². The van der Waals surface area contributed by atoms with Crippen molar-refractivity contribution in [2.75, 3.05) is 13.7 Å². The first-order chi connectivity index (χ1) is 7.58. The average Bonchev–Trinajstić information content (AvgIpc) is 2.25. The van der Waals surface area contributed by atoms with Gasteiger partial charge in [-0.1, -0.05) is 29.8 Å². The van der Waals surface area contributed by atoms with Gasteiger partial charge in [0.15, 0.2) is 17.8 Å². The van der Waals surface area contributed by atoms with Gasteiger partial charge < -0.3 is 9.47 Å². The Morgan fingerprint density at radius 2 is 2.25 bits per heavy atom. The lowest BCUT2D eigenvalue weighted by Gasteiger charge is -2.12. The highest BCUT2D eigenvalue weighted by molar-refractivity contribution is 6.31. The third kappa shape index (κ3) is 3.15. The van der Waals surface area contributed by atoms with Crippen LogP contribution in [-0.2, 0) is 0 Å². The van der Waals surface area contributed by atoms with Gasteiger partial charge >= 0.3 is 0 Å². The van der Waals surface area contributed by atoms with Crippen LogP contribution in [0.3, 0.4) is 0 Å². The van der Waals surface area contributed by atoms with Gasteiger partial charge in [0, 0.05) is 16.1 Å². The summed E-state index contributed by atoms with van der Waals surface area (Å²) in [6.45, 7) is 3.58. The lowest BCUT2D eigenvalue weighted by Crippen LogP contribution is -2.02. The molecule has 5 heteroatoms. The molecule has 0 amide bonds. The van der Waals surface area contributed by atoms with Crippen LogP contribution in [0.25, 0.3) is 0 Å². The number of halogens is 2. The Labute approximate surface area is 104 Å². The van der Waals surface area contributed by atoms with Gasteiger partial charge in [-0.05, 0) is 6.07 Å². The first kappa shape index (κ1) is 12.9. The molecule has 0 fully saturated rings. The summed E-state index contributed by atoms with van der Waals surface area (Å²) < 4.78 is 10.4. The van der Waals surface area contributed by atoms with E-state index in [1.807, 2.05) is 0 Å². The first-order valence-corrected chi connectivity index (χ1v) is 5.13. The van der Waals surface area contributed by atoms with Crippen LogP contribution in [0, 0.1) is 0 Å². The second-order valence-electron chi connectivity index (χ2n) is 2.95. The predicted octanol–water partition coefficient (Wildman–Crippen LogP) is 3.29. The molecule has 0 aliphatic rings. The summed E-state index contributed by atoms with van der Waals surface area (Å²) in [5.74, 6) is 0.691. The number of carbonyl (C=O) groups is 1. The second-order valence-corrected chi connectivity index (χ2v) is 3.92. The van der Waals surface area contributed by atoms with Crippen molar-refractivity contribution in [1.29, 1.82) is 0 Å². The van der Waals surface area contributed by atoms with Crippen LogP contribution in [-0.4, -0.2) is 20.0 Å². The predicted molar refractivity (Wildman–Crippen MR) is 63.9 cm³/mol. The third-order valence-electron chi connectivity index (χ3n) is 1.77. The molecule has 0 spiro atoms. The summed E-state index contributed by atoms with van der Waals surface area (Å²) in [6, 6.07) is 3.05. The smallest absolute Gasteiger partial charge is 0.172 e. The maximum Gasteiger partial charge on any atom is 0.172 e. The molecule has 0 radical (unpaired) electrons. The van der Waals surface area contributed by atoms with Crippen LogP contribution >= 0.6 is 23.2 Å². The summed E-state index contributed by atoms with van der Waals surface area (Å²) >= 11 is 11.4. The zero-order valence-electron chi connectivity index (χ0n) is 8.63. The number of hydrogen-bond donors (Lipinski definition) is 0. The highest BCUT2D eigenvalue weighted by atomic mass is 35.5. The van der Waals surface area contributed by atoms with Gasteiger partial charge in [-0.15, -0.1) is 0 Å². The SMILES string of the molecule is C=C(Cl)COc1c(C=O)cc(Cl)cc1OC. The lowest BCUT2D eigenvalue weighted by molar-refractivity contribution is 0.111. The van der Waals surface area contributed by atoms with E-state index in [4.69, 9.17) is 32.7 Å². The number of rotatable bonds is 5. The van der Waals surface area contributed by atoms with E-state index in [1.165, 1.54) is 13.2 Å². The molecule has 86 valence electrons. The van der Waals surface area contributed by atoms with Crippen LogP contribution in [0.4, 0.5) is 0 Å². The van der Waals surface area contributed by atoms with Gasteiger partial charge in [0.2, 0.25) is 0 Å². The van der Waals surface area contributed by atoms with Crippen molar-refractivity contribution in [2.45, 2.75) is 0 Å². The summed E-state index contributed by atoms with van der Waals surface area (Å²) in [4.78, 5) is 10.8. The molecule has 1 aromatic carbocycles. The quantitative estimate of drug-likeness (QED) is 0.763. The monoisotopic (exact) mass is 260 g/mol. The maximum absolute atomic E-state index is 10.8. The fourth-order valence-electron chi connectivity index (χ4n) is 1.13. The molecule has 0 aromatic heterocycles. The zero-order chi connectivity index (χ0) is 12.1. The van der Waals surface area contributed by atoms with Crippen molar-refractivity contribution in [3.05, 3.63) is 34.3 Å². The minimum atomic E-state index is 0.0976. The Bertz CT molecular complexity index is 416. The van der Waals surface area contributed by atoms with E-state index in [9.17, 15) is 4.79 Å². The summed E-state index contributed by atoms with van der Waals surface area (Å²) in [5, 5.41) is 0.727. The molecule has 3 nitrogen and oxygen atoms in total. The molecule has 0 aliphatic heterocycles. The van der Waals surface area contributed by atoms with Crippen molar-refractivity contribution >= 4 is 29.5 Å². The van der Waals surface area contributed by atoms with E-state index >= 15 is 0 Å². The number of ether oxygens (including phenoxy) is 2. The van der Waals surface area contributed by atoms with Gasteiger partial charge in [-0.25, -0.2) is 0 Å². The molecule has 0 saturated heterocycles. The number of benzene rings is 1. The molecule has 0 aliphatic carbocycles. The molecule has 0 atom stereocenters. The van der Waals surface area contributed by atoms with Crippen molar-refractivity contribution in [3.63, 3.8) is 0 Å². The second kappa shape index (κ2) is 5.77. The fourth-order valence-corrected chi connectivity index (χ4v) is 1.40. The van der Waals surface area contributed by atoms with Crippen LogP contribution in [0.2, 0.25) is 5.02 Å². The Morgan fingerprint density at radius 1 is 1.56 bits per heavy atom. The number of methoxy groups -OCH3 is 1. The van der Waals surface area contributed by atoms with E-state index < -0.39 is 0 Å². The molecule has 1 aromatic rings. The molecule has 0 bridgehead atoms.